The van der Waals surface area contributed by atoms with E-state index in [1.807, 2.05) is 40.7 Å². The molecule has 0 heterocycles. The smallest absolute Gasteiger partial charge is 0.488 e. The average Bonchev–Trinajstić information content (AvgIpc) is 3.21. The SMILES string of the molecule is Cc1c(OC(C)(C)C)cc(C(C)(C)C)c(OP(Oc2ccc(F)cc2)Oc2ccc(F)cc2)c1-c1c(C)c(C(C)(C)C)cc(C(C)(C)C)c1OP(Oc1ccc(F)cc1)Oc1ccc(F)cc1. The van der Waals surface area contributed by atoms with E-state index in [9.17, 15) is 17.6 Å². The van der Waals surface area contributed by atoms with Gasteiger partial charge < -0.3 is 31.9 Å². The summed E-state index contributed by atoms with van der Waals surface area (Å²) >= 11 is 0. The van der Waals surface area contributed by atoms with Crippen LogP contribution in [0.3, 0.4) is 0 Å². The summed E-state index contributed by atoms with van der Waals surface area (Å²) in [4.78, 5) is 0. The van der Waals surface area contributed by atoms with Crippen molar-refractivity contribution in [1.82, 2.24) is 0 Å². The van der Waals surface area contributed by atoms with Gasteiger partial charge in [-0.05, 0) is 165 Å². The molecule has 0 amide bonds. The first-order chi connectivity index (χ1) is 31.2. The number of benzene rings is 6. The molecule has 0 fully saturated rings. The number of halogens is 4. The van der Waals surface area contributed by atoms with Crippen molar-refractivity contribution in [3.05, 3.63) is 160 Å². The molecule has 7 nitrogen and oxygen atoms in total. The van der Waals surface area contributed by atoms with Crippen LogP contribution in [0.5, 0.6) is 40.2 Å². The average molecular weight is 959 g/mol. The fourth-order valence-electron chi connectivity index (χ4n) is 7.20. The maximum atomic E-state index is 14.2. The van der Waals surface area contributed by atoms with Crippen LogP contribution in [0.4, 0.5) is 17.6 Å². The van der Waals surface area contributed by atoms with E-state index in [0.717, 1.165) is 22.3 Å². The monoisotopic (exact) mass is 958 g/mol. The van der Waals surface area contributed by atoms with Gasteiger partial charge in [0.2, 0.25) is 0 Å². The van der Waals surface area contributed by atoms with Crippen molar-refractivity contribution >= 4 is 17.2 Å². The topological polar surface area (TPSA) is 64.6 Å². The van der Waals surface area contributed by atoms with E-state index in [4.69, 9.17) is 31.9 Å². The second-order valence-electron chi connectivity index (χ2n) is 20.3. The van der Waals surface area contributed by atoms with Gasteiger partial charge >= 0.3 is 17.2 Å². The minimum atomic E-state index is -2.43. The maximum Gasteiger partial charge on any atom is 0.530 e. The molecule has 13 heteroatoms. The third kappa shape index (κ3) is 13.1. The highest BCUT2D eigenvalue weighted by molar-refractivity contribution is 7.43. The molecule has 0 aliphatic carbocycles. The lowest BCUT2D eigenvalue weighted by molar-refractivity contribution is 0.129. The first kappa shape index (κ1) is 50.9. The number of hydrogen-bond donors (Lipinski definition) is 0. The van der Waals surface area contributed by atoms with Crippen molar-refractivity contribution in [2.45, 2.75) is 119 Å². The van der Waals surface area contributed by atoms with Crippen molar-refractivity contribution in [3.8, 4) is 51.4 Å². The van der Waals surface area contributed by atoms with Gasteiger partial charge in [0.05, 0.1) is 0 Å². The zero-order valence-electron chi connectivity index (χ0n) is 40.7. The molecule has 0 spiro atoms. The largest absolute Gasteiger partial charge is 0.530 e. The van der Waals surface area contributed by atoms with Gasteiger partial charge in [-0.15, -0.1) is 0 Å². The second-order valence-corrected chi connectivity index (χ2v) is 22.3. The van der Waals surface area contributed by atoms with Gasteiger partial charge in [0.15, 0.2) is 0 Å². The molecule has 0 N–H and O–H groups in total. The molecule has 0 aliphatic heterocycles. The lowest BCUT2D eigenvalue weighted by atomic mass is 9.74. The van der Waals surface area contributed by atoms with Gasteiger partial charge in [0.1, 0.15) is 69.1 Å². The first-order valence-corrected chi connectivity index (χ1v) is 24.1. The number of ether oxygens (including phenoxy) is 1. The highest BCUT2D eigenvalue weighted by atomic mass is 31.2. The van der Waals surface area contributed by atoms with Gasteiger partial charge in [-0.2, -0.15) is 0 Å². The van der Waals surface area contributed by atoms with Crippen LogP contribution in [0.15, 0.2) is 109 Å². The highest BCUT2D eigenvalue weighted by Gasteiger charge is 2.38. The van der Waals surface area contributed by atoms with E-state index in [0.29, 0.717) is 33.9 Å². The van der Waals surface area contributed by atoms with E-state index >= 15 is 0 Å². The van der Waals surface area contributed by atoms with Crippen molar-refractivity contribution in [2.75, 3.05) is 0 Å². The van der Waals surface area contributed by atoms with Crippen molar-refractivity contribution in [1.29, 1.82) is 0 Å². The Hall–Kier alpha value is -5.50. The van der Waals surface area contributed by atoms with Crippen molar-refractivity contribution in [2.24, 2.45) is 0 Å². The summed E-state index contributed by atoms with van der Waals surface area (Å²) in [6.07, 6.45) is 0. The molecule has 0 radical (unpaired) electrons. The first-order valence-electron chi connectivity index (χ1n) is 21.9. The zero-order chi connectivity index (χ0) is 49.2. The number of rotatable bonds is 14. The molecule has 6 aromatic carbocycles. The molecular formula is C54H60F4O7P2. The predicted molar refractivity (Wildman–Crippen MR) is 261 cm³/mol. The van der Waals surface area contributed by atoms with Crippen LogP contribution in [0, 0.1) is 37.1 Å². The fourth-order valence-corrected chi connectivity index (χ4v) is 9.27. The van der Waals surface area contributed by atoms with Crippen LogP contribution in [0.1, 0.15) is 111 Å². The molecule has 0 saturated carbocycles. The third-order valence-corrected chi connectivity index (χ3v) is 12.5. The molecule has 0 saturated heterocycles. The molecule has 0 atom stereocenters. The molecule has 0 aliphatic rings. The van der Waals surface area contributed by atoms with E-state index in [-0.39, 0.29) is 23.0 Å². The summed E-state index contributed by atoms with van der Waals surface area (Å²) < 4.78 is 104. The standard InChI is InChI=1S/C54H60F4O7P2/c1-33-43(51(3,4)5)31-44(52(6,7)8)49(64-66(60-39-23-15-35(55)16-24-39)61-40-25-17-36(56)18-26-40)47(33)48-34(2)46(59-54(12,13)14)32-45(53(9,10)11)50(48)65-67(62-41-27-19-37(57)20-28-41)63-42-29-21-38(58)22-30-42/h15-32H,1-14H3. The highest BCUT2D eigenvalue weighted by Crippen LogP contribution is 2.58. The molecule has 0 aromatic heterocycles. The van der Waals surface area contributed by atoms with E-state index < -0.39 is 62.3 Å². The van der Waals surface area contributed by atoms with E-state index in [1.165, 1.54) is 97.1 Å². The van der Waals surface area contributed by atoms with Crippen LogP contribution in [-0.2, 0) is 16.2 Å². The van der Waals surface area contributed by atoms with E-state index in [2.05, 4.69) is 68.4 Å². The van der Waals surface area contributed by atoms with Crippen molar-refractivity contribution in [3.63, 3.8) is 0 Å². The Bertz CT molecular complexity index is 2550. The third-order valence-electron chi connectivity index (χ3n) is 10.4. The van der Waals surface area contributed by atoms with Crippen LogP contribution >= 0.6 is 17.2 Å². The van der Waals surface area contributed by atoms with Gasteiger partial charge in [-0.1, -0.05) is 68.4 Å². The lowest BCUT2D eigenvalue weighted by Gasteiger charge is -2.35. The Morgan fingerprint density at radius 2 is 0.642 bits per heavy atom. The van der Waals surface area contributed by atoms with Crippen LogP contribution in [0.25, 0.3) is 11.1 Å². The summed E-state index contributed by atoms with van der Waals surface area (Å²) in [6, 6.07) is 26.1. The van der Waals surface area contributed by atoms with Crippen LogP contribution in [0.2, 0.25) is 0 Å². The Balaban J connectivity index is 1.73. The van der Waals surface area contributed by atoms with Gasteiger partial charge in [0, 0.05) is 27.8 Å². The van der Waals surface area contributed by atoms with Crippen LogP contribution < -0.4 is 31.9 Å². The van der Waals surface area contributed by atoms with Gasteiger partial charge in [0.25, 0.3) is 0 Å². The zero-order valence-corrected chi connectivity index (χ0v) is 42.4. The van der Waals surface area contributed by atoms with Crippen molar-refractivity contribution < 1.29 is 49.4 Å². The summed E-state index contributed by atoms with van der Waals surface area (Å²) in [5.74, 6) is 0.621. The maximum absolute atomic E-state index is 14.2. The van der Waals surface area contributed by atoms with E-state index in [1.54, 1.807) is 0 Å². The molecule has 6 aromatic rings. The normalized spacial score (nSPS) is 12.3. The molecule has 0 bridgehead atoms. The molecule has 356 valence electrons. The molecule has 6 rings (SSSR count). The summed E-state index contributed by atoms with van der Waals surface area (Å²) in [7, 11) is -4.85. The lowest BCUT2D eigenvalue weighted by Crippen LogP contribution is -2.25. The Labute approximate surface area is 395 Å². The van der Waals surface area contributed by atoms with Gasteiger partial charge in [-0.3, -0.25) is 0 Å². The second kappa shape index (κ2) is 20.0. The minimum Gasteiger partial charge on any atom is -0.488 e. The minimum absolute atomic E-state index is 0.268. The summed E-state index contributed by atoms with van der Waals surface area (Å²) in [5.41, 5.74) is 3.07. The Morgan fingerprint density at radius 1 is 0.358 bits per heavy atom. The Morgan fingerprint density at radius 3 is 0.925 bits per heavy atom. The van der Waals surface area contributed by atoms with Crippen LogP contribution in [-0.4, -0.2) is 5.60 Å². The summed E-state index contributed by atoms with van der Waals surface area (Å²) in [5, 5.41) is 0. The van der Waals surface area contributed by atoms with Gasteiger partial charge in [-0.25, -0.2) is 17.6 Å². The molecule has 67 heavy (non-hydrogen) atoms. The fraction of sp³-hybridized carbons (Fsp3) is 0.333. The predicted octanol–water partition coefficient (Wildman–Crippen LogP) is 17.1. The summed E-state index contributed by atoms with van der Waals surface area (Å²) in [6.45, 7) is 28.8. The quantitative estimate of drug-likeness (QED) is 0.0796. The molecule has 0 unspecified atom stereocenters. The molecular weight excluding hydrogens is 899 g/mol. The Kier molecular flexibility index (Phi) is 15.2. The number of hydrogen-bond acceptors (Lipinski definition) is 7.